The lowest BCUT2D eigenvalue weighted by Crippen LogP contribution is -2.10. The van der Waals surface area contributed by atoms with Crippen LogP contribution in [-0.2, 0) is 9.84 Å². The van der Waals surface area contributed by atoms with Crippen LogP contribution in [0.25, 0.3) is 0 Å². The van der Waals surface area contributed by atoms with Crippen LogP contribution in [0.2, 0.25) is 0 Å². The molecule has 0 heterocycles. The Bertz CT molecular complexity index is 694. The van der Waals surface area contributed by atoms with E-state index in [1.54, 1.807) is 0 Å². The summed E-state index contributed by atoms with van der Waals surface area (Å²) in [5.41, 5.74) is 1.32. The standard InChI is InChI=1S/C22H34O3S/c1-18(17-26(23,24)14-7-5-6-13-22(2,3)4)20-9-8-10-21(15-20)25-16-19-11-12-19/h7-10,14-15,18-19H,5-6,11-13,16-17H2,1-4H3/b14-7+/t18-/m0/s1. The number of hydrogen-bond donors (Lipinski definition) is 0. The van der Waals surface area contributed by atoms with Crippen molar-refractivity contribution in [1.82, 2.24) is 0 Å². The van der Waals surface area contributed by atoms with Crippen molar-refractivity contribution in [3.63, 3.8) is 0 Å². The van der Waals surface area contributed by atoms with E-state index in [4.69, 9.17) is 4.74 Å². The summed E-state index contributed by atoms with van der Waals surface area (Å²) in [5.74, 6) is 1.63. The first-order chi connectivity index (χ1) is 12.1. The number of ether oxygens (including phenoxy) is 1. The molecule has 2 rings (SSSR count). The van der Waals surface area contributed by atoms with Gasteiger partial charge in [-0.1, -0.05) is 45.9 Å². The van der Waals surface area contributed by atoms with Crippen LogP contribution in [0.3, 0.4) is 0 Å². The van der Waals surface area contributed by atoms with Gasteiger partial charge in [0.15, 0.2) is 9.84 Å². The Balaban J connectivity index is 1.84. The Morgan fingerprint density at radius 3 is 2.65 bits per heavy atom. The zero-order chi connectivity index (χ0) is 19.2. The maximum Gasteiger partial charge on any atom is 0.171 e. The van der Waals surface area contributed by atoms with Crippen LogP contribution in [0.1, 0.15) is 71.3 Å². The van der Waals surface area contributed by atoms with Gasteiger partial charge >= 0.3 is 0 Å². The normalized spacial score (nSPS) is 16.8. The lowest BCUT2D eigenvalue weighted by Gasteiger charge is -2.16. The summed E-state index contributed by atoms with van der Waals surface area (Å²) in [6, 6.07) is 7.86. The van der Waals surface area contributed by atoms with Gasteiger partial charge in [0.05, 0.1) is 12.4 Å². The lowest BCUT2D eigenvalue weighted by molar-refractivity contribution is 0.299. The smallest absolute Gasteiger partial charge is 0.171 e. The molecule has 1 saturated carbocycles. The molecule has 1 aromatic carbocycles. The third-order valence-electron chi connectivity index (χ3n) is 4.69. The molecule has 0 spiro atoms. The van der Waals surface area contributed by atoms with Crippen molar-refractivity contribution in [3.05, 3.63) is 41.3 Å². The van der Waals surface area contributed by atoms with Gasteiger partial charge in [-0.15, -0.1) is 0 Å². The molecule has 0 saturated heterocycles. The van der Waals surface area contributed by atoms with Gasteiger partial charge in [0.25, 0.3) is 0 Å². The van der Waals surface area contributed by atoms with Crippen LogP contribution in [0.5, 0.6) is 5.75 Å². The molecule has 0 radical (unpaired) electrons. The largest absolute Gasteiger partial charge is 0.493 e. The second-order valence-corrected chi connectivity index (χ2v) is 10.8. The van der Waals surface area contributed by atoms with Crippen molar-refractivity contribution >= 4 is 9.84 Å². The predicted molar refractivity (Wildman–Crippen MR) is 109 cm³/mol. The molecule has 3 nitrogen and oxygen atoms in total. The van der Waals surface area contributed by atoms with Gasteiger partial charge in [0, 0.05) is 5.41 Å². The van der Waals surface area contributed by atoms with Crippen LogP contribution in [-0.4, -0.2) is 20.8 Å². The molecule has 0 aromatic heterocycles. The zero-order valence-corrected chi connectivity index (χ0v) is 17.5. The van der Waals surface area contributed by atoms with Gasteiger partial charge < -0.3 is 4.74 Å². The minimum Gasteiger partial charge on any atom is -0.493 e. The highest BCUT2D eigenvalue weighted by atomic mass is 32.2. The molecule has 26 heavy (non-hydrogen) atoms. The molecule has 146 valence electrons. The number of unbranched alkanes of at least 4 members (excludes halogenated alkanes) is 1. The molecule has 1 aliphatic rings. The quantitative estimate of drug-likeness (QED) is 0.489. The van der Waals surface area contributed by atoms with E-state index in [1.807, 2.05) is 37.3 Å². The summed E-state index contributed by atoms with van der Waals surface area (Å²) in [7, 11) is -3.19. The third kappa shape index (κ3) is 8.39. The second kappa shape index (κ2) is 9.07. The van der Waals surface area contributed by atoms with Crippen molar-refractivity contribution in [2.75, 3.05) is 12.4 Å². The van der Waals surface area contributed by atoms with E-state index in [0.29, 0.717) is 11.3 Å². The Labute approximate surface area is 159 Å². The highest BCUT2D eigenvalue weighted by Crippen LogP contribution is 2.30. The number of sulfone groups is 1. The first kappa shape index (κ1) is 21.0. The van der Waals surface area contributed by atoms with Crippen molar-refractivity contribution in [3.8, 4) is 5.75 Å². The fourth-order valence-corrected chi connectivity index (χ4v) is 4.30. The zero-order valence-electron chi connectivity index (χ0n) is 16.7. The van der Waals surface area contributed by atoms with Gasteiger partial charge in [-0.25, -0.2) is 8.42 Å². The fraction of sp³-hybridized carbons (Fsp3) is 0.636. The number of hydrogen-bond acceptors (Lipinski definition) is 3. The first-order valence-corrected chi connectivity index (χ1v) is 11.5. The molecule has 1 atom stereocenters. The SMILES string of the molecule is C[C@@H](CS(=O)(=O)/C=C/CCCC(C)(C)C)c1cccc(OCC2CC2)c1. The van der Waals surface area contributed by atoms with E-state index in [-0.39, 0.29) is 11.7 Å². The van der Waals surface area contributed by atoms with Gasteiger partial charge in [-0.3, -0.25) is 0 Å². The molecule has 1 aliphatic carbocycles. The minimum atomic E-state index is -3.19. The highest BCUT2D eigenvalue weighted by molar-refractivity contribution is 7.94. The van der Waals surface area contributed by atoms with E-state index in [0.717, 1.165) is 37.2 Å². The van der Waals surface area contributed by atoms with Crippen molar-refractivity contribution in [2.24, 2.45) is 11.3 Å². The molecular weight excluding hydrogens is 344 g/mol. The molecular formula is C22H34O3S. The van der Waals surface area contributed by atoms with Crippen molar-refractivity contribution < 1.29 is 13.2 Å². The minimum absolute atomic E-state index is 0.0521. The Hall–Kier alpha value is -1.29. The van der Waals surface area contributed by atoms with E-state index in [9.17, 15) is 8.42 Å². The van der Waals surface area contributed by atoms with E-state index < -0.39 is 9.84 Å². The number of benzene rings is 1. The number of rotatable bonds is 10. The maximum absolute atomic E-state index is 12.4. The van der Waals surface area contributed by atoms with Crippen molar-refractivity contribution in [2.45, 2.75) is 65.7 Å². The molecule has 1 aromatic rings. The fourth-order valence-electron chi connectivity index (χ4n) is 2.87. The van der Waals surface area contributed by atoms with Crippen molar-refractivity contribution in [1.29, 1.82) is 0 Å². The van der Waals surface area contributed by atoms with Crippen LogP contribution < -0.4 is 4.74 Å². The van der Waals surface area contributed by atoms with Crippen LogP contribution in [0.15, 0.2) is 35.7 Å². The molecule has 0 unspecified atom stereocenters. The summed E-state index contributed by atoms with van der Waals surface area (Å²) in [6.07, 6.45) is 7.26. The Kier molecular flexibility index (Phi) is 7.33. The maximum atomic E-state index is 12.4. The van der Waals surface area contributed by atoms with Gasteiger partial charge in [-0.05, 0) is 67.1 Å². The van der Waals surface area contributed by atoms with Crippen LogP contribution in [0, 0.1) is 11.3 Å². The number of allylic oxidation sites excluding steroid dienone is 1. The summed E-state index contributed by atoms with van der Waals surface area (Å²) in [6.45, 7) is 9.35. The predicted octanol–water partition coefficient (Wildman–Crippen LogP) is 5.72. The highest BCUT2D eigenvalue weighted by Gasteiger charge is 2.22. The summed E-state index contributed by atoms with van der Waals surface area (Å²) < 4.78 is 30.5. The summed E-state index contributed by atoms with van der Waals surface area (Å²) in [5, 5.41) is 1.40. The van der Waals surface area contributed by atoms with Crippen LogP contribution in [0.4, 0.5) is 0 Å². The van der Waals surface area contributed by atoms with Gasteiger partial charge in [0.1, 0.15) is 5.75 Å². The van der Waals surface area contributed by atoms with E-state index in [1.165, 1.54) is 18.2 Å². The molecule has 0 aliphatic heterocycles. The summed E-state index contributed by atoms with van der Waals surface area (Å²) >= 11 is 0. The first-order valence-electron chi connectivity index (χ1n) is 9.77. The molecule has 0 bridgehead atoms. The summed E-state index contributed by atoms with van der Waals surface area (Å²) in [4.78, 5) is 0. The van der Waals surface area contributed by atoms with E-state index >= 15 is 0 Å². The Morgan fingerprint density at radius 1 is 1.27 bits per heavy atom. The van der Waals surface area contributed by atoms with E-state index in [2.05, 4.69) is 20.8 Å². The third-order valence-corrected chi connectivity index (χ3v) is 6.26. The molecule has 0 amide bonds. The van der Waals surface area contributed by atoms with Crippen LogP contribution >= 0.6 is 0 Å². The topological polar surface area (TPSA) is 43.4 Å². The lowest BCUT2D eigenvalue weighted by atomic mass is 9.90. The molecule has 4 heteroatoms. The average Bonchev–Trinajstić information content (AvgIpc) is 3.35. The molecule has 0 N–H and O–H groups in total. The van der Waals surface area contributed by atoms with Gasteiger partial charge in [0.2, 0.25) is 0 Å². The second-order valence-electron chi connectivity index (χ2n) is 8.88. The van der Waals surface area contributed by atoms with Gasteiger partial charge in [-0.2, -0.15) is 0 Å². The Morgan fingerprint density at radius 2 is 2.00 bits per heavy atom. The monoisotopic (exact) mass is 378 g/mol. The molecule has 1 fully saturated rings. The average molecular weight is 379 g/mol.